The first-order valence-electron chi connectivity index (χ1n) is 5.95. The number of benzene rings is 1. The van der Waals surface area contributed by atoms with Crippen molar-refractivity contribution in [2.75, 3.05) is 12.3 Å². The molecule has 2 N–H and O–H groups in total. The quantitative estimate of drug-likeness (QED) is 0.581. The Balaban J connectivity index is 2.25. The van der Waals surface area contributed by atoms with Crippen LogP contribution in [0.4, 0.5) is 5.69 Å². The number of hydrogen-bond acceptors (Lipinski definition) is 4. The Morgan fingerprint density at radius 1 is 1.42 bits per heavy atom. The van der Waals surface area contributed by atoms with E-state index in [0.29, 0.717) is 16.7 Å². The van der Waals surface area contributed by atoms with Crippen molar-refractivity contribution in [1.29, 1.82) is 0 Å². The molecule has 0 aliphatic carbocycles. The van der Waals surface area contributed by atoms with Crippen LogP contribution in [-0.4, -0.2) is 32.1 Å². The predicted molar refractivity (Wildman–Crippen MR) is 76.6 cm³/mol. The van der Waals surface area contributed by atoms with Crippen LogP contribution >= 0.6 is 0 Å². The molecule has 19 heavy (non-hydrogen) atoms. The number of anilines is 1. The minimum absolute atomic E-state index is 0.171. The van der Waals surface area contributed by atoms with E-state index >= 15 is 0 Å². The van der Waals surface area contributed by atoms with E-state index in [1.165, 1.54) is 0 Å². The first-order valence-corrected chi connectivity index (χ1v) is 7.67. The molecular weight excluding hydrogens is 307 g/mol. The number of nitrogens with two attached hydrogens (primary N) is 1. The summed E-state index contributed by atoms with van der Waals surface area (Å²) in [6.45, 7) is 2.15. The van der Waals surface area contributed by atoms with Crippen molar-refractivity contribution >= 4 is 46.8 Å². The third kappa shape index (κ3) is 2.01. The molecule has 0 unspecified atom stereocenters. The Morgan fingerprint density at radius 2 is 2.21 bits per heavy atom. The van der Waals surface area contributed by atoms with E-state index in [0.717, 1.165) is 20.7 Å². The van der Waals surface area contributed by atoms with Crippen molar-refractivity contribution in [1.82, 2.24) is 4.98 Å². The number of ether oxygens (including phenoxy) is 1. The summed E-state index contributed by atoms with van der Waals surface area (Å²) in [6.07, 6.45) is 0. The van der Waals surface area contributed by atoms with Crippen LogP contribution in [0.2, 0.25) is 0 Å². The Morgan fingerprint density at radius 3 is 3.00 bits per heavy atom. The molecule has 0 amide bonds. The minimum atomic E-state index is -0.318. The number of fused-ring (bicyclic) bond motifs is 2. The van der Waals surface area contributed by atoms with Gasteiger partial charge in [-0.3, -0.25) is 0 Å². The first-order chi connectivity index (χ1) is 9.20. The molecule has 3 rings (SSSR count). The second kappa shape index (κ2) is 4.68. The van der Waals surface area contributed by atoms with Gasteiger partial charge in [-0.2, -0.15) is 0 Å². The van der Waals surface area contributed by atoms with Gasteiger partial charge in [-0.05, 0) is 0 Å². The Bertz CT molecular complexity index is 780. The molecule has 2 heterocycles. The van der Waals surface area contributed by atoms with Crippen LogP contribution in [0.3, 0.4) is 0 Å². The van der Waals surface area contributed by atoms with Crippen molar-refractivity contribution in [2.45, 2.75) is 6.92 Å². The van der Waals surface area contributed by atoms with Crippen LogP contribution in [0.1, 0.15) is 16.2 Å². The molecule has 3 aromatic rings. The van der Waals surface area contributed by atoms with Crippen LogP contribution < -0.4 is 5.73 Å². The molecule has 4 nitrogen and oxygen atoms in total. The van der Waals surface area contributed by atoms with Crippen LogP contribution in [0, 0.1) is 0 Å². The molecule has 0 aliphatic heterocycles. The number of carbonyl (C=O) groups is 1. The van der Waals surface area contributed by atoms with Gasteiger partial charge >= 0.3 is 115 Å². The molecule has 0 radical (unpaired) electrons. The normalized spacial score (nSPS) is 11.0. The van der Waals surface area contributed by atoms with E-state index < -0.39 is 0 Å². The van der Waals surface area contributed by atoms with Crippen molar-refractivity contribution < 1.29 is 9.53 Å². The SMILES string of the molecule is CCOC(=O)c1[se]c2nc3ccccc3cc2c1N. The summed E-state index contributed by atoms with van der Waals surface area (Å²) in [7, 11) is 0. The molecule has 2 aromatic heterocycles. The Labute approximate surface area is 115 Å². The fourth-order valence-electron chi connectivity index (χ4n) is 1.99. The van der Waals surface area contributed by atoms with Gasteiger partial charge in [0.15, 0.2) is 0 Å². The van der Waals surface area contributed by atoms with Gasteiger partial charge in [0.2, 0.25) is 0 Å². The van der Waals surface area contributed by atoms with E-state index in [1.807, 2.05) is 30.3 Å². The zero-order chi connectivity index (χ0) is 13.4. The fourth-order valence-corrected chi connectivity index (χ4v) is 4.04. The van der Waals surface area contributed by atoms with Crippen LogP contribution in [0.15, 0.2) is 30.3 Å². The van der Waals surface area contributed by atoms with Crippen LogP contribution in [0.5, 0.6) is 0 Å². The van der Waals surface area contributed by atoms with E-state index in [4.69, 9.17) is 10.5 Å². The topological polar surface area (TPSA) is 65.2 Å². The number of hydrogen-bond donors (Lipinski definition) is 1. The van der Waals surface area contributed by atoms with E-state index in [1.54, 1.807) is 6.92 Å². The maximum absolute atomic E-state index is 11.8. The van der Waals surface area contributed by atoms with Gasteiger partial charge in [0, 0.05) is 0 Å². The summed E-state index contributed by atoms with van der Waals surface area (Å²) < 4.78 is 6.52. The summed E-state index contributed by atoms with van der Waals surface area (Å²) in [6, 6.07) is 9.87. The zero-order valence-electron chi connectivity index (χ0n) is 10.3. The summed E-state index contributed by atoms with van der Waals surface area (Å²) in [5.41, 5.74) is 7.52. The molecule has 0 aliphatic rings. The number of rotatable bonds is 2. The summed E-state index contributed by atoms with van der Waals surface area (Å²) in [5.74, 6) is -0.318. The van der Waals surface area contributed by atoms with Crippen LogP contribution in [-0.2, 0) is 4.74 Å². The second-order valence-corrected chi connectivity index (χ2v) is 6.20. The molecule has 0 saturated carbocycles. The zero-order valence-corrected chi connectivity index (χ0v) is 12.1. The number of aromatic nitrogens is 1. The number of pyridine rings is 1. The summed E-state index contributed by atoms with van der Waals surface area (Å²) in [4.78, 5) is 16.4. The van der Waals surface area contributed by atoms with Gasteiger partial charge in [-0.1, -0.05) is 0 Å². The maximum atomic E-state index is 11.8. The van der Waals surface area contributed by atoms with Gasteiger partial charge in [0.25, 0.3) is 0 Å². The molecule has 0 atom stereocenters. The van der Waals surface area contributed by atoms with Crippen molar-refractivity contribution in [2.24, 2.45) is 0 Å². The third-order valence-corrected chi connectivity index (χ3v) is 5.18. The Kier molecular flexibility index (Phi) is 3.01. The van der Waals surface area contributed by atoms with Gasteiger partial charge in [0.05, 0.1) is 0 Å². The molecule has 5 heteroatoms. The number of esters is 1. The van der Waals surface area contributed by atoms with E-state index in [-0.39, 0.29) is 20.5 Å². The molecule has 0 fully saturated rings. The Hall–Kier alpha value is -1.84. The number of carbonyl (C=O) groups excluding carboxylic acids is 1. The van der Waals surface area contributed by atoms with Crippen molar-refractivity contribution in [3.05, 3.63) is 34.8 Å². The van der Waals surface area contributed by atoms with E-state index in [2.05, 4.69) is 4.98 Å². The van der Waals surface area contributed by atoms with E-state index in [9.17, 15) is 4.79 Å². The standard InChI is InChI=1S/C14H12N2O2Se/c1-2-18-14(17)12-11(15)9-7-8-5-3-4-6-10(8)16-13(9)19-12/h3-7H,2,15H2,1H3. The third-order valence-electron chi connectivity index (χ3n) is 2.88. The second-order valence-electron chi connectivity index (χ2n) is 4.10. The van der Waals surface area contributed by atoms with Gasteiger partial charge in [-0.25, -0.2) is 0 Å². The van der Waals surface area contributed by atoms with Gasteiger partial charge < -0.3 is 0 Å². The average molecular weight is 319 g/mol. The van der Waals surface area contributed by atoms with Crippen molar-refractivity contribution in [3.8, 4) is 0 Å². The molecule has 0 saturated heterocycles. The number of para-hydroxylation sites is 1. The molecule has 96 valence electrons. The molecule has 0 bridgehead atoms. The van der Waals surface area contributed by atoms with Gasteiger partial charge in [0.1, 0.15) is 0 Å². The van der Waals surface area contributed by atoms with Gasteiger partial charge in [-0.15, -0.1) is 0 Å². The summed E-state index contributed by atoms with van der Waals surface area (Å²) in [5, 5.41) is 1.91. The molecule has 0 spiro atoms. The molecular formula is C14H12N2O2Se. The summed E-state index contributed by atoms with van der Waals surface area (Å²) >= 11 is -0.171. The number of nitrogens with zero attached hydrogens (tertiary/aromatic N) is 1. The number of nitrogen functional groups attached to an aromatic ring is 1. The van der Waals surface area contributed by atoms with Crippen LogP contribution in [0.25, 0.3) is 20.7 Å². The first kappa shape index (κ1) is 12.2. The van der Waals surface area contributed by atoms with Crippen molar-refractivity contribution in [3.63, 3.8) is 0 Å². The monoisotopic (exact) mass is 320 g/mol. The predicted octanol–water partition coefficient (Wildman–Crippen LogP) is 2.20. The fraction of sp³-hybridized carbons (Fsp3) is 0.143. The molecule has 1 aromatic carbocycles. The average Bonchev–Trinajstić information content (AvgIpc) is 2.74.